The van der Waals surface area contributed by atoms with Crippen molar-refractivity contribution in [3.63, 3.8) is 0 Å². The number of nitrogens with zero attached hydrogens (tertiary/aromatic N) is 2. The molecule has 0 spiro atoms. The van der Waals surface area contributed by atoms with E-state index in [2.05, 4.69) is 0 Å². The molecule has 2 heterocycles. The second-order valence-corrected chi connectivity index (χ2v) is 12.3. The van der Waals surface area contributed by atoms with Gasteiger partial charge in [0.2, 0.25) is 10.0 Å². The lowest BCUT2D eigenvalue weighted by Gasteiger charge is -2.34. The van der Waals surface area contributed by atoms with Gasteiger partial charge in [-0.05, 0) is 44.9 Å². The molecule has 0 saturated carbocycles. The Balaban J connectivity index is 1.87. The third-order valence-corrected chi connectivity index (χ3v) is 9.06. The Morgan fingerprint density at radius 1 is 1.23 bits per heavy atom. The minimum atomic E-state index is -3.77. The summed E-state index contributed by atoms with van der Waals surface area (Å²) in [6.45, 7) is 6.52. The molecule has 0 N–H and O–H groups in total. The topological polar surface area (TPSA) is 101 Å². The van der Waals surface area contributed by atoms with Gasteiger partial charge in [-0.3, -0.25) is 4.79 Å². The quantitative estimate of drug-likeness (QED) is 0.641. The highest BCUT2D eigenvalue weighted by Crippen LogP contribution is 2.24. The maximum atomic E-state index is 13.2. The van der Waals surface area contributed by atoms with Crippen LogP contribution in [0.15, 0.2) is 29.2 Å². The monoisotopic (exact) mass is 458 g/mol. The number of carbonyl (C=O) groups is 1. The van der Waals surface area contributed by atoms with E-state index in [9.17, 15) is 21.6 Å². The highest BCUT2D eigenvalue weighted by Gasteiger charge is 2.36. The van der Waals surface area contributed by atoms with E-state index in [4.69, 9.17) is 4.74 Å². The Hall–Kier alpha value is -1.49. The molecule has 2 aliphatic rings. The van der Waals surface area contributed by atoms with Crippen LogP contribution in [0.4, 0.5) is 0 Å². The summed E-state index contributed by atoms with van der Waals surface area (Å²) >= 11 is 0. The van der Waals surface area contributed by atoms with Crippen molar-refractivity contribution in [2.45, 2.75) is 56.8 Å². The molecule has 0 aliphatic carbocycles. The number of carbonyl (C=O) groups excluding carboxylic acids is 1. The average molecular weight is 459 g/mol. The van der Waals surface area contributed by atoms with Crippen LogP contribution in [0.2, 0.25) is 0 Å². The Morgan fingerprint density at radius 2 is 1.90 bits per heavy atom. The molecule has 10 heteroatoms. The first-order chi connectivity index (χ1) is 14.0. The van der Waals surface area contributed by atoms with Gasteiger partial charge in [0.05, 0.1) is 28.6 Å². The third kappa shape index (κ3) is 5.04. The van der Waals surface area contributed by atoms with Crippen LogP contribution in [0.25, 0.3) is 0 Å². The van der Waals surface area contributed by atoms with Gasteiger partial charge >= 0.3 is 0 Å². The van der Waals surface area contributed by atoms with E-state index in [-0.39, 0.29) is 59.2 Å². The highest BCUT2D eigenvalue weighted by molar-refractivity contribution is 7.91. The van der Waals surface area contributed by atoms with Crippen LogP contribution in [-0.2, 0) is 24.6 Å². The first-order valence-corrected chi connectivity index (χ1v) is 13.6. The largest absolute Gasteiger partial charge is 0.373 e. The van der Waals surface area contributed by atoms with Gasteiger partial charge in [0, 0.05) is 31.2 Å². The fourth-order valence-electron chi connectivity index (χ4n) is 4.14. The fraction of sp³-hybridized carbons (Fsp3) is 0.650. The van der Waals surface area contributed by atoms with E-state index in [1.165, 1.54) is 16.4 Å². The summed E-state index contributed by atoms with van der Waals surface area (Å²) in [7, 11) is -6.91. The molecule has 0 radical (unpaired) electrons. The van der Waals surface area contributed by atoms with Crippen LogP contribution in [-0.4, -0.2) is 81.3 Å². The summed E-state index contributed by atoms with van der Waals surface area (Å²) in [5.74, 6) is -0.299. The van der Waals surface area contributed by atoms with Gasteiger partial charge in [-0.25, -0.2) is 16.8 Å². The molecule has 8 nitrogen and oxygen atoms in total. The molecule has 2 aliphatic heterocycles. The molecular formula is C20H30N2O6S2. The smallest absolute Gasteiger partial charge is 0.254 e. The van der Waals surface area contributed by atoms with Gasteiger partial charge in [0.1, 0.15) is 0 Å². The number of sulfone groups is 1. The predicted octanol–water partition coefficient (Wildman–Crippen LogP) is 1.52. The molecular weight excluding hydrogens is 428 g/mol. The van der Waals surface area contributed by atoms with Crippen molar-refractivity contribution in [2.75, 3.05) is 31.1 Å². The molecule has 3 atom stereocenters. The lowest BCUT2D eigenvalue weighted by atomic mass is 10.1. The lowest BCUT2D eigenvalue weighted by Crippen LogP contribution is -2.48. The third-order valence-electron chi connectivity index (χ3n) is 5.48. The van der Waals surface area contributed by atoms with Gasteiger partial charge < -0.3 is 9.64 Å². The van der Waals surface area contributed by atoms with Crippen molar-refractivity contribution in [3.05, 3.63) is 29.8 Å². The zero-order valence-corrected chi connectivity index (χ0v) is 19.3. The second-order valence-electron chi connectivity index (χ2n) is 8.16. The summed E-state index contributed by atoms with van der Waals surface area (Å²) in [5.41, 5.74) is 0.253. The summed E-state index contributed by atoms with van der Waals surface area (Å²) in [6, 6.07) is 5.65. The lowest BCUT2D eigenvalue weighted by molar-refractivity contribution is -0.0440. The number of benzene rings is 1. The number of amides is 1. The predicted molar refractivity (Wildman–Crippen MR) is 114 cm³/mol. The molecule has 1 amide bonds. The Kier molecular flexibility index (Phi) is 6.91. The number of morpholine rings is 1. The van der Waals surface area contributed by atoms with Crippen molar-refractivity contribution < 1.29 is 26.4 Å². The molecule has 1 aromatic carbocycles. The van der Waals surface area contributed by atoms with Crippen LogP contribution in [0, 0.1) is 0 Å². The Morgan fingerprint density at radius 3 is 2.47 bits per heavy atom. The highest BCUT2D eigenvalue weighted by atomic mass is 32.2. The van der Waals surface area contributed by atoms with Crippen LogP contribution < -0.4 is 0 Å². The van der Waals surface area contributed by atoms with Gasteiger partial charge in [0.25, 0.3) is 5.91 Å². The number of sulfonamides is 1. The van der Waals surface area contributed by atoms with Crippen LogP contribution in [0.3, 0.4) is 0 Å². The first kappa shape index (κ1) is 23.2. The van der Waals surface area contributed by atoms with Crippen molar-refractivity contribution in [3.8, 4) is 0 Å². The van der Waals surface area contributed by atoms with Gasteiger partial charge in [-0.2, -0.15) is 4.31 Å². The minimum absolute atomic E-state index is 0.0414. The Bertz CT molecular complexity index is 982. The SMILES string of the molecule is CCCN(C(=O)c1cccc(S(=O)(=O)N2CC(C)OC(C)C2)c1)C1CCS(=O)(=O)C1. The van der Waals surface area contributed by atoms with Crippen molar-refractivity contribution in [1.82, 2.24) is 9.21 Å². The van der Waals surface area contributed by atoms with E-state index in [0.717, 1.165) is 0 Å². The molecule has 3 unspecified atom stereocenters. The van der Waals surface area contributed by atoms with Crippen molar-refractivity contribution in [2.24, 2.45) is 0 Å². The number of hydrogen-bond donors (Lipinski definition) is 0. The second kappa shape index (κ2) is 8.94. The minimum Gasteiger partial charge on any atom is -0.373 e. The molecule has 3 rings (SSSR count). The number of hydrogen-bond acceptors (Lipinski definition) is 6. The van der Waals surface area contributed by atoms with E-state index >= 15 is 0 Å². The standard InChI is InChI=1S/C20H30N2O6S2/c1-4-9-22(18-8-10-29(24,25)14-18)20(23)17-6-5-7-19(11-17)30(26,27)21-12-15(2)28-16(3)13-21/h5-7,11,15-16,18H,4,8-10,12-14H2,1-3H3. The summed E-state index contributed by atoms with van der Waals surface area (Å²) in [4.78, 5) is 14.8. The molecule has 0 aromatic heterocycles. The van der Waals surface area contributed by atoms with Crippen LogP contribution in [0.1, 0.15) is 44.0 Å². The zero-order valence-electron chi connectivity index (χ0n) is 17.7. The van der Waals surface area contributed by atoms with E-state index in [1.807, 2.05) is 20.8 Å². The molecule has 2 fully saturated rings. The Labute approximate surface area is 179 Å². The number of ether oxygens (including phenoxy) is 1. The molecule has 2 saturated heterocycles. The summed E-state index contributed by atoms with van der Waals surface area (Å²) in [6.07, 6.45) is 0.676. The van der Waals surface area contributed by atoms with Gasteiger partial charge in [-0.1, -0.05) is 13.0 Å². The maximum Gasteiger partial charge on any atom is 0.254 e. The van der Waals surface area contributed by atoms with Crippen molar-refractivity contribution in [1.29, 1.82) is 0 Å². The van der Waals surface area contributed by atoms with E-state index in [0.29, 0.717) is 19.4 Å². The van der Waals surface area contributed by atoms with E-state index in [1.54, 1.807) is 17.0 Å². The molecule has 1 aromatic rings. The van der Waals surface area contributed by atoms with E-state index < -0.39 is 19.9 Å². The van der Waals surface area contributed by atoms with Crippen LogP contribution >= 0.6 is 0 Å². The molecule has 30 heavy (non-hydrogen) atoms. The fourth-order valence-corrected chi connectivity index (χ4v) is 7.51. The number of rotatable bonds is 6. The molecule has 168 valence electrons. The first-order valence-electron chi connectivity index (χ1n) is 10.3. The van der Waals surface area contributed by atoms with Gasteiger partial charge in [0.15, 0.2) is 9.84 Å². The maximum absolute atomic E-state index is 13.2. The molecule has 0 bridgehead atoms. The average Bonchev–Trinajstić information content (AvgIpc) is 3.04. The van der Waals surface area contributed by atoms with Crippen molar-refractivity contribution >= 4 is 25.8 Å². The normalized spacial score (nSPS) is 27.1. The van der Waals surface area contributed by atoms with Gasteiger partial charge in [-0.15, -0.1) is 0 Å². The van der Waals surface area contributed by atoms with Crippen LogP contribution in [0.5, 0.6) is 0 Å². The zero-order chi connectivity index (χ0) is 22.1. The summed E-state index contributed by atoms with van der Waals surface area (Å²) in [5, 5.41) is 0. The summed E-state index contributed by atoms with van der Waals surface area (Å²) < 4.78 is 57.1.